The van der Waals surface area contributed by atoms with Crippen LogP contribution in [-0.4, -0.2) is 39.4 Å². The number of nitrogens with zero attached hydrogens (tertiary/aromatic N) is 3. The highest BCUT2D eigenvalue weighted by atomic mass is 16.6. The summed E-state index contributed by atoms with van der Waals surface area (Å²) in [4.78, 5) is 42.4. The highest BCUT2D eigenvalue weighted by Gasteiger charge is 2.48. The molecule has 8 nitrogen and oxygen atoms in total. The van der Waals surface area contributed by atoms with E-state index in [0.717, 1.165) is 23.3 Å². The Labute approximate surface area is 174 Å². The summed E-state index contributed by atoms with van der Waals surface area (Å²) in [6, 6.07) is 7.86. The zero-order valence-corrected chi connectivity index (χ0v) is 17.2. The molecule has 1 aromatic heterocycles. The van der Waals surface area contributed by atoms with Gasteiger partial charge >= 0.3 is 5.97 Å². The Morgan fingerprint density at radius 3 is 2.37 bits per heavy atom. The van der Waals surface area contributed by atoms with Crippen LogP contribution in [0.1, 0.15) is 56.9 Å². The molecular formula is C22H25N3O5. The summed E-state index contributed by atoms with van der Waals surface area (Å²) in [5.41, 5.74) is 2.01. The van der Waals surface area contributed by atoms with Crippen LogP contribution >= 0.6 is 0 Å². The fraction of sp³-hybridized carbons (Fsp3) is 0.500. The van der Waals surface area contributed by atoms with Crippen molar-refractivity contribution in [3.05, 3.63) is 35.7 Å². The molecular weight excluding hydrogens is 386 g/mol. The molecule has 2 aromatic rings. The van der Waals surface area contributed by atoms with Gasteiger partial charge in [-0.1, -0.05) is 56.1 Å². The van der Waals surface area contributed by atoms with E-state index in [2.05, 4.69) is 24.0 Å². The Hall–Kier alpha value is -3.03. The fourth-order valence-electron chi connectivity index (χ4n) is 4.15. The van der Waals surface area contributed by atoms with Crippen molar-refractivity contribution in [3.8, 4) is 11.4 Å². The van der Waals surface area contributed by atoms with Gasteiger partial charge < -0.3 is 9.26 Å². The summed E-state index contributed by atoms with van der Waals surface area (Å²) < 4.78 is 10.3. The molecule has 2 unspecified atom stereocenters. The molecule has 2 aliphatic rings. The van der Waals surface area contributed by atoms with Gasteiger partial charge in [-0.25, -0.2) is 0 Å². The van der Waals surface area contributed by atoms with Crippen LogP contribution in [-0.2, 0) is 25.7 Å². The number of benzene rings is 1. The van der Waals surface area contributed by atoms with Crippen molar-refractivity contribution in [2.45, 2.75) is 52.1 Å². The van der Waals surface area contributed by atoms with Crippen molar-refractivity contribution in [2.24, 2.45) is 11.8 Å². The molecule has 1 aliphatic heterocycles. The molecule has 1 saturated carbocycles. The van der Waals surface area contributed by atoms with E-state index in [0.29, 0.717) is 24.6 Å². The van der Waals surface area contributed by atoms with Gasteiger partial charge in [-0.3, -0.25) is 19.3 Å². The average molecular weight is 411 g/mol. The van der Waals surface area contributed by atoms with Crippen LogP contribution in [0.15, 0.2) is 28.8 Å². The lowest BCUT2D eigenvalue weighted by molar-refractivity contribution is -0.154. The number of imide groups is 1. The number of likely N-dealkylation sites (tertiary alicyclic amines) is 1. The number of ether oxygens (including phenoxy) is 1. The minimum atomic E-state index is -0.670. The van der Waals surface area contributed by atoms with E-state index in [4.69, 9.17) is 9.26 Å². The molecule has 2 heterocycles. The highest BCUT2D eigenvalue weighted by molar-refractivity contribution is 6.07. The molecule has 2 fully saturated rings. The van der Waals surface area contributed by atoms with Gasteiger partial charge in [0.25, 0.3) is 5.89 Å². The maximum Gasteiger partial charge on any atom is 0.326 e. The van der Waals surface area contributed by atoms with Crippen molar-refractivity contribution in [2.75, 3.05) is 6.54 Å². The summed E-state index contributed by atoms with van der Waals surface area (Å²) in [6.07, 6.45) is 3.31. The Balaban J connectivity index is 1.32. The summed E-state index contributed by atoms with van der Waals surface area (Å²) in [5.74, 6) is -0.754. The van der Waals surface area contributed by atoms with Crippen LogP contribution in [0.3, 0.4) is 0 Å². The molecule has 158 valence electrons. The van der Waals surface area contributed by atoms with E-state index >= 15 is 0 Å². The first kappa shape index (κ1) is 20.3. The van der Waals surface area contributed by atoms with E-state index in [-0.39, 0.29) is 42.7 Å². The molecule has 4 rings (SSSR count). The van der Waals surface area contributed by atoms with Crippen LogP contribution in [0.25, 0.3) is 11.4 Å². The number of aromatic nitrogens is 2. The number of rotatable bonds is 6. The second-order valence-corrected chi connectivity index (χ2v) is 8.21. The first-order valence-electron chi connectivity index (χ1n) is 10.4. The van der Waals surface area contributed by atoms with Crippen LogP contribution < -0.4 is 0 Å². The minimum Gasteiger partial charge on any atom is -0.454 e. The Kier molecular flexibility index (Phi) is 5.65. The number of carbonyl (C=O) groups is 3. The second kappa shape index (κ2) is 8.38. The normalized spacial score (nSPS) is 21.2. The summed E-state index contributed by atoms with van der Waals surface area (Å²) in [6.45, 7) is 3.65. The molecule has 2 amide bonds. The van der Waals surface area contributed by atoms with Gasteiger partial charge in [0.15, 0.2) is 6.61 Å². The zero-order chi connectivity index (χ0) is 21.3. The summed E-state index contributed by atoms with van der Waals surface area (Å²) in [7, 11) is 0. The molecule has 0 radical (unpaired) electrons. The standard InChI is InChI=1S/C22H25N3O5/c1-13(2)14-7-9-15(10-8-14)20-23-18(30-24-20)12-29-19(26)11-25-21(27)16-5-3-4-6-17(16)22(25)28/h7-10,13,16-17H,3-6,11-12H2,1-2H3. The number of hydrogen-bond donors (Lipinski definition) is 0. The maximum absolute atomic E-state index is 12.4. The smallest absolute Gasteiger partial charge is 0.326 e. The third-order valence-electron chi connectivity index (χ3n) is 5.88. The average Bonchev–Trinajstić information content (AvgIpc) is 3.32. The molecule has 1 aliphatic carbocycles. The number of esters is 1. The number of hydrogen-bond acceptors (Lipinski definition) is 7. The predicted molar refractivity (Wildman–Crippen MR) is 106 cm³/mol. The molecule has 30 heavy (non-hydrogen) atoms. The Morgan fingerprint density at radius 1 is 1.13 bits per heavy atom. The van der Waals surface area contributed by atoms with Crippen LogP contribution in [0.5, 0.6) is 0 Å². The number of carbonyl (C=O) groups excluding carboxylic acids is 3. The van der Waals surface area contributed by atoms with Gasteiger partial charge in [0, 0.05) is 5.56 Å². The van der Waals surface area contributed by atoms with Crippen molar-refractivity contribution in [3.63, 3.8) is 0 Å². The van der Waals surface area contributed by atoms with E-state index in [1.54, 1.807) is 0 Å². The molecule has 1 saturated heterocycles. The van der Waals surface area contributed by atoms with Crippen molar-refractivity contribution < 1.29 is 23.6 Å². The fourth-order valence-corrected chi connectivity index (χ4v) is 4.15. The van der Waals surface area contributed by atoms with Crippen molar-refractivity contribution >= 4 is 17.8 Å². The van der Waals surface area contributed by atoms with Crippen LogP contribution in [0, 0.1) is 11.8 Å². The van der Waals surface area contributed by atoms with Gasteiger partial charge in [0.2, 0.25) is 17.6 Å². The zero-order valence-electron chi connectivity index (χ0n) is 17.2. The summed E-state index contributed by atoms with van der Waals surface area (Å²) in [5, 5.41) is 3.92. The van der Waals surface area contributed by atoms with Gasteiger partial charge in [0.1, 0.15) is 6.54 Å². The molecule has 1 aromatic carbocycles. The van der Waals surface area contributed by atoms with E-state index in [1.807, 2.05) is 24.3 Å². The molecule has 2 atom stereocenters. The second-order valence-electron chi connectivity index (χ2n) is 8.21. The van der Waals surface area contributed by atoms with Crippen molar-refractivity contribution in [1.82, 2.24) is 15.0 Å². The van der Waals surface area contributed by atoms with E-state index in [1.165, 1.54) is 5.56 Å². The Bertz CT molecular complexity index is 926. The maximum atomic E-state index is 12.4. The van der Waals surface area contributed by atoms with Gasteiger partial charge in [0.05, 0.1) is 11.8 Å². The number of fused-ring (bicyclic) bond motifs is 1. The van der Waals surface area contributed by atoms with Gasteiger partial charge in [-0.15, -0.1) is 0 Å². The third kappa shape index (κ3) is 3.99. The first-order chi connectivity index (χ1) is 14.4. The van der Waals surface area contributed by atoms with Crippen LogP contribution in [0.4, 0.5) is 0 Å². The molecule has 8 heteroatoms. The van der Waals surface area contributed by atoms with Crippen LogP contribution in [0.2, 0.25) is 0 Å². The molecule has 0 N–H and O–H groups in total. The minimum absolute atomic E-state index is 0.152. The van der Waals surface area contributed by atoms with Gasteiger partial charge in [-0.2, -0.15) is 4.98 Å². The lowest BCUT2D eigenvalue weighted by Gasteiger charge is -2.19. The predicted octanol–water partition coefficient (Wildman–Crippen LogP) is 3.08. The third-order valence-corrected chi connectivity index (χ3v) is 5.88. The monoisotopic (exact) mass is 411 g/mol. The molecule has 0 spiro atoms. The largest absolute Gasteiger partial charge is 0.454 e. The lowest BCUT2D eigenvalue weighted by Crippen LogP contribution is -2.36. The van der Waals surface area contributed by atoms with E-state index in [9.17, 15) is 14.4 Å². The Morgan fingerprint density at radius 2 is 1.77 bits per heavy atom. The highest BCUT2D eigenvalue weighted by Crippen LogP contribution is 2.37. The van der Waals surface area contributed by atoms with E-state index < -0.39 is 5.97 Å². The first-order valence-corrected chi connectivity index (χ1v) is 10.4. The number of amides is 2. The lowest BCUT2D eigenvalue weighted by atomic mass is 9.81. The van der Waals surface area contributed by atoms with Crippen molar-refractivity contribution in [1.29, 1.82) is 0 Å². The quantitative estimate of drug-likeness (QED) is 0.531. The molecule has 0 bridgehead atoms. The van der Waals surface area contributed by atoms with Gasteiger partial charge in [-0.05, 0) is 24.3 Å². The summed E-state index contributed by atoms with van der Waals surface area (Å²) >= 11 is 0. The SMILES string of the molecule is CC(C)c1ccc(-c2noc(COC(=O)CN3C(=O)C4CCCCC4C3=O)n2)cc1. The topological polar surface area (TPSA) is 103 Å².